The van der Waals surface area contributed by atoms with Crippen molar-refractivity contribution in [3.8, 4) is 11.5 Å². The first-order valence-electron chi connectivity index (χ1n) is 7.08. The van der Waals surface area contributed by atoms with Crippen molar-refractivity contribution < 1.29 is 19.0 Å². The van der Waals surface area contributed by atoms with Gasteiger partial charge in [-0.15, -0.1) is 0 Å². The van der Waals surface area contributed by atoms with Gasteiger partial charge in [-0.2, -0.15) is 0 Å². The van der Waals surface area contributed by atoms with E-state index in [0.29, 0.717) is 36.2 Å². The molecule has 1 aromatic rings. The van der Waals surface area contributed by atoms with Gasteiger partial charge in [0.15, 0.2) is 11.5 Å². The molecule has 1 amide bonds. The molecule has 0 fully saturated rings. The highest BCUT2D eigenvalue weighted by atomic mass is 16.5. The summed E-state index contributed by atoms with van der Waals surface area (Å²) >= 11 is 0. The van der Waals surface area contributed by atoms with E-state index < -0.39 is 0 Å². The fourth-order valence-corrected chi connectivity index (χ4v) is 1.81. The van der Waals surface area contributed by atoms with Gasteiger partial charge in [-0.3, -0.25) is 4.79 Å². The maximum absolute atomic E-state index is 12.2. The molecule has 1 atom stereocenters. The van der Waals surface area contributed by atoms with E-state index in [-0.39, 0.29) is 11.9 Å². The molecule has 0 aromatic heterocycles. The summed E-state index contributed by atoms with van der Waals surface area (Å²) in [5, 5.41) is 2.90. The standard InChI is InChI=1S/C16H25NO4/c1-11(2)9-21-10-12(3)17-16(18)13-6-7-14(19-4)15(8-13)20-5/h6-8,11-12H,9-10H2,1-5H3,(H,17,18)/t12-/m1/s1. The molecule has 0 aliphatic rings. The number of amides is 1. The average molecular weight is 295 g/mol. The molecule has 21 heavy (non-hydrogen) atoms. The lowest BCUT2D eigenvalue weighted by Crippen LogP contribution is -2.36. The number of hydrogen-bond donors (Lipinski definition) is 1. The lowest BCUT2D eigenvalue weighted by Gasteiger charge is -2.16. The molecule has 0 bridgehead atoms. The van der Waals surface area contributed by atoms with E-state index in [1.54, 1.807) is 32.4 Å². The van der Waals surface area contributed by atoms with Gasteiger partial charge in [0.05, 0.1) is 20.8 Å². The van der Waals surface area contributed by atoms with Crippen LogP contribution in [0.5, 0.6) is 11.5 Å². The first kappa shape index (κ1) is 17.3. The van der Waals surface area contributed by atoms with Crippen molar-refractivity contribution in [2.75, 3.05) is 27.4 Å². The Labute approximate surface area is 126 Å². The second-order valence-corrected chi connectivity index (χ2v) is 5.38. The monoisotopic (exact) mass is 295 g/mol. The predicted octanol–water partition coefficient (Wildman–Crippen LogP) is 2.49. The zero-order valence-electron chi connectivity index (χ0n) is 13.4. The third-order valence-corrected chi connectivity index (χ3v) is 2.84. The highest BCUT2D eigenvalue weighted by Gasteiger charge is 2.13. The van der Waals surface area contributed by atoms with Crippen LogP contribution in [-0.2, 0) is 4.74 Å². The molecule has 0 spiro atoms. The van der Waals surface area contributed by atoms with Crippen LogP contribution in [0.1, 0.15) is 31.1 Å². The molecular formula is C16H25NO4. The highest BCUT2D eigenvalue weighted by molar-refractivity contribution is 5.95. The first-order chi connectivity index (χ1) is 9.97. The third-order valence-electron chi connectivity index (χ3n) is 2.84. The maximum atomic E-state index is 12.2. The quantitative estimate of drug-likeness (QED) is 0.800. The summed E-state index contributed by atoms with van der Waals surface area (Å²) in [6.45, 7) is 7.28. The van der Waals surface area contributed by atoms with E-state index in [1.807, 2.05) is 6.92 Å². The Balaban J connectivity index is 2.58. The van der Waals surface area contributed by atoms with Crippen molar-refractivity contribution in [1.82, 2.24) is 5.32 Å². The molecule has 0 saturated heterocycles. The minimum absolute atomic E-state index is 0.0515. The van der Waals surface area contributed by atoms with Crippen molar-refractivity contribution >= 4 is 5.91 Å². The summed E-state index contributed by atoms with van der Waals surface area (Å²) in [4.78, 5) is 12.2. The van der Waals surface area contributed by atoms with Gasteiger partial charge in [0.25, 0.3) is 5.91 Å². The van der Waals surface area contributed by atoms with Crippen LogP contribution in [0.2, 0.25) is 0 Å². The summed E-state index contributed by atoms with van der Waals surface area (Å²) in [6.07, 6.45) is 0. The summed E-state index contributed by atoms with van der Waals surface area (Å²) in [6, 6.07) is 5.03. The van der Waals surface area contributed by atoms with E-state index in [1.165, 1.54) is 0 Å². The molecule has 0 unspecified atom stereocenters. The number of nitrogens with one attached hydrogen (secondary N) is 1. The Bertz CT molecular complexity index is 460. The van der Waals surface area contributed by atoms with Gasteiger partial charge in [-0.25, -0.2) is 0 Å². The highest BCUT2D eigenvalue weighted by Crippen LogP contribution is 2.27. The topological polar surface area (TPSA) is 56.8 Å². The van der Waals surface area contributed by atoms with Crippen molar-refractivity contribution in [2.24, 2.45) is 5.92 Å². The fourth-order valence-electron chi connectivity index (χ4n) is 1.81. The molecule has 1 aromatic carbocycles. The average Bonchev–Trinajstić information content (AvgIpc) is 2.45. The van der Waals surface area contributed by atoms with E-state index in [2.05, 4.69) is 19.2 Å². The van der Waals surface area contributed by atoms with Gasteiger partial charge in [0, 0.05) is 18.2 Å². The van der Waals surface area contributed by atoms with Gasteiger partial charge in [0.2, 0.25) is 0 Å². The van der Waals surface area contributed by atoms with Crippen molar-refractivity contribution in [2.45, 2.75) is 26.8 Å². The van der Waals surface area contributed by atoms with Crippen LogP contribution in [0.3, 0.4) is 0 Å². The van der Waals surface area contributed by atoms with Crippen molar-refractivity contribution in [3.05, 3.63) is 23.8 Å². The van der Waals surface area contributed by atoms with E-state index >= 15 is 0 Å². The molecular weight excluding hydrogens is 270 g/mol. The van der Waals surface area contributed by atoms with Gasteiger partial charge in [-0.05, 0) is 31.0 Å². The minimum atomic E-state index is -0.156. The number of hydrogen-bond acceptors (Lipinski definition) is 4. The third kappa shape index (κ3) is 5.63. The molecule has 5 heteroatoms. The Morgan fingerprint density at radius 1 is 1.10 bits per heavy atom. The maximum Gasteiger partial charge on any atom is 0.251 e. The van der Waals surface area contributed by atoms with Gasteiger partial charge < -0.3 is 19.5 Å². The Hall–Kier alpha value is -1.75. The van der Waals surface area contributed by atoms with Crippen LogP contribution in [0.4, 0.5) is 0 Å². The molecule has 0 heterocycles. The lowest BCUT2D eigenvalue weighted by atomic mass is 10.1. The minimum Gasteiger partial charge on any atom is -0.493 e. The molecule has 0 aliphatic heterocycles. The van der Waals surface area contributed by atoms with Crippen LogP contribution in [-0.4, -0.2) is 39.4 Å². The van der Waals surface area contributed by atoms with E-state index in [0.717, 1.165) is 0 Å². The zero-order chi connectivity index (χ0) is 15.8. The van der Waals surface area contributed by atoms with Gasteiger partial charge in [-0.1, -0.05) is 13.8 Å². The lowest BCUT2D eigenvalue weighted by molar-refractivity contribution is 0.0791. The molecule has 0 radical (unpaired) electrons. The molecule has 0 saturated carbocycles. The summed E-state index contributed by atoms with van der Waals surface area (Å²) in [5.74, 6) is 1.46. The van der Waals surface area contributed by atoms with Crippen molar-refractivity contribution in [1.29, 1.82) is 0 Å². The molecule has 5 nitrogen and oxygen atoms in total. The van der Waals surface area contributed by atoms with Gasteiger partial charge >= 0.3 is 0 Å². The number of carbonyl (C=O) groups is 1. The van der Waals surface area contributed by atoms with Gasteiger partial charge in [0.1, 0.15) is 0 Å². The van der Waals surface area contributed by atoms with E-state index in [9.17, 15) is 4.79 Å². The SMILES string of the molecule is COc1ccc(C(=O)N[C@H](C)COCC(C)C)cc1OC. The van der Waals surface area contributed by atoms with Crippen LogP contribution >= 0.6 is 0 Å². The number of ether oxygens (including phenoxy) is 3. The molecule has 0 aliphatic carbocycles. The molecule has 1 rings (SSSR count). The Morgan fingerprint density at radius 2 is 1.76 bits per heavy atom. The second kappa shape index (κ2) is 8.52. The number of carbonyl (C=O) groups excluding carboxylic acids is 1. The summed E-state index contributed by atoms with van der Waals surface area (Å²) in [7, 11) is 3.10. The van der Waals surface area contributed by atoms with Crippen LogP contribution in [0, 0.1) is 5.92 Å². The first-order valence-corrected chi connectivity index (χ1v) is 7.08. The normalized spacial score (nSPS) is 12.1. The summed E-state index contributed by atoms with van der Waals surface area (Å²) < 4.78 is 15.9. The second-order valence-electron chi connectivity index (χ2n) is 5.38. The van der Waals surface area contributed by atoms with Crippen LogP contribution in [0.25, 0.3) is 0 Å². The summed E-state index contributed by atoms with van der Waals surface area (Å²) in [5.41, 5.74) is 0.531. The largest absolute Gasteiger partial charge is 0.493 e. The predicted molar refractivity (Wildman–Crippen MR) is 82.1 cm³/mol. The Morgan fingerprint density at radius 3 is 2.33 bits per heavy atom. The van der Waals surface area contributed by atoms with E-state index in [4.69, 9.17) is 14.2 Å². The number of benzene rings is 1. The smallest absolute Gasteiger partial charge is 0.251 e. The number of rotatable bonds is 8. The van der Waals surface area contributed by atoms with Crippen molar-refractivity contribution in [3.63, 3.8) is 0 Å². The molecule has 1 N–H and O–H groups in total. The fraction of sp³-hybridized carbons (Fsp3) is 0.562. The number of methoxy groups -OCH3 is 2. The van der Waals surface area contributed by atoms with Crippen LogP contribution in [0.15, 0.2) is 18.2 Å². The zero-order valence-corrected chi connectivity index (χ0v) is 13.4. The van der Waals surface area contributed by atoms with Crippen LogP contribution < -0.4 is 14.8 Å². The molecule has 118 valence electrons. The Kier molecular flexibility index (Phi) is 7.02.